The molecule has 80 valence electrons. The van der Waals surface area contributed by atoms with Gasteiger partial charge in [0.1, 0.15) is 6.04 Å². The number of hydrogen-bond donors (Lipinski definition) is 1. The van der Waals surface area contributed by atoms with Gasteiger partial charge in [-0.3, -0.25) is 9.69 Å². The molecule has 1 saturated carbocycles. The molecule has 1 N–H and O–H groups in total. The first-order valence-electron chi connectivity index (χ1n) is 5.49. The van der Waals surface area contributed by atoms with E-state index in [9.17, 15) is 4.79 Å². The number of carboxylic acid groups (broad SMARTS) is 1. The second kappa shape index (κ2) is 3.23. The van der Waals surface area contributed by atoms with Crippen molar-refractivity contribution < 1.29 is 9.90 Å². The highest BCUT2D eigenvalue weighted by Crippen LogP contribution is 2.53. The first-order chi connectivity index (χ1) is 6.52. The molecule has 1 aliphatic heterocycles. The highest BCUT2D eigenvalue weighted by atomic mass is 16.4. The van der Waals surface area contributed by atoms with Crippen LogP contribution >= 0.6 is 0 Å². The lowest BCUT2D eigenvalue weighted by Gasteiger charge is -2.44. The second-order valence-corrected chi connectivity index (χ2v) is 5.39. The zero-order valence-corrected chi connectivity index (χ0v) is 8.99. The van der Waals surface area contributed by atoms with Crippen LogP contribution in [-0.4, -0.2) is 35.1 Å². The molecule has 2 fully saturated rings. The van der Waals surface area contributed by atoms with Gasteiger partial charge in [-0.2, -0.15) is 0 Å². The Labute approximate surface area is 85.1 Å². The topological polar surface area (TPSA) is 40.5 Å². The van der Waals surface area contributed by atoms with Gasteiger partial charge >= 0.3 is 5.97 Å². The second-order valence-electron chi connectivity index (χ2n) is 5.39. The maximum atomic E-state index is 11.1. The zero-order valence-electron chi connectivity index (χ0n) is 8.99. The predicted octanol–water partition coefficient (Wildman–Crippen LogP) is 1.58. The van der Waals surface area contributed by atoms with Gasteiger partial charge in [0.2, 0.25) is 0 Å². The number of rotatable bonds is 4. The molecule has 0 aromatic rings. The van der Waals surface area contributed by atoms with Crippen molar-refractivity contribution in [3.8, 4) is 0 Å². The van der Waals surface area contributed by atoms with Crippen LogP contribution in [0.2, 0.25) is 0 Å². The van der Waals surface area contributed by atoms with Crippen LogP contribution in [0, 0.1) is 11.3 Å². The van der Waals surface area contributed by atoms with E-state index in [1.165, 1.54) is 12.8 Å². The van der Waals surface area contributed by atoms with E-state index in [1.807, 2.05) is 0 Å². The SMILES string of the molecule is CC(C)CC(C(=O)O)N1CC2(CC2)C1. The van der Waals surface area contributed by atoms with E-state index >= 15 is 0 Å². The first-order valence-corrected chi connectivity index (χ1v) is 5.49. The standard InChI is InChI=1S/C11H19NO2/c1-8(2)5-9(10(13)14)12-6-11(7-12)3-4-11/h8-9H,3-7H2,1-2H3,(H,13,14). The Bertz CT molecular complexity index is 238. The number of carbonyl (C=O) groups is 1. The van der Waals surface area contributed by atoms with Gasteiger partial charge in [0.05, 0.1) is 0 Å². The Morgan fingerprint density at radius 1 is 1.43 bits per heavy atom. The van der Waals surface area contributed by atoms with E-state index in [1.54, 1.807) is 0 Å². The van der Waals surface area contributed by atoms with Gasteiger partial charge < -0.3 is 5.11 Å². The summed E-state index contributed by atoms with van der Waals surface area (Å²) in [7, 11) is 0. The molecular formula is C11H19NO2. The summed E-state index contributed by atoms with van der Waals surface area (Å²) in [4.78, 5) is 13.2. The predicted molar refractivity (Wildman–Crippen MR) is 54.1 cm³/mol. The lowest BCUT2D eigenvalue weighted by molar-refractivity contribution is -0.147. The number of carboxylic acids is 1. The van der Waals surface area contributed by atoms with Crippen LogP contribution in [0.25, 0.3) is 0 Å². The molecule has 1 spiro atoms. The van der Waals surface area contributed by atoms with Gasteiger partial charge in [0, 0.05) is 13.1 Å². The maximum absolute atomic E-state index is 11.1. The molecule has 1 aliphatic carbocycles. The average molecular weight is 197 g/mol. The molecule has 0 aromatic carbocycles. The maximum Gasteiger partial charge on any atom is 0.320 e. The summed E-state index contributed by atoms with van der Waals surface area (Å²) in [5.41, 5.74) is 0.560. The molecule has 0 aromatic heterocycles. The highest BCUT2D eigenvalue weighted by molar-refractivity contribution is 5.73. The van der Waals surface area contributed by atoms with E-state index in [0.29, 0.717) is 11.3 Å². The molecular weight excluding hydrogens is 178 g/mol. The van der Waals surface area contributed by atoms with Gasteiger partial charge in [-0.1, -0.05) is 13.8 Å². The third kappa shape index (κ3) is 1.78. The third-order valence-corrected chi connectivity index (χ3v) is 3.45. The largest absolute Gasteiger partial charge is 0.480 e. The molecule has 0 bridgehead atoms. The smallest absolute Gasteiger partial charge is 0.320 e. The fourth-order valence-electron chi connectivity index (χ4n) is 2.38. The molecule has 14 heavy (non-hydrogen) atoms. The normalized spacial score (nSPS) is 26.2. The Morgan fingerprint density at radius 2 is 2.00 bits per heavy atom. The molecule has 0 radical (unpaired) electrons. The summed E-state index contributed by atoms with van der Waals surface area (Å²) >= 11 is 0. The molecule has 1 heterocycles. The lowest BCUT2D eigenvalue weighted by atomic mass is 9.91. The Morgan fingerprint density at radius 3 is 2.36 bits per heavy atom. The molecule has 2 aliphatic rings. The van der Waals surface area contributed by atoms with Crippen LogP contribution in [0.3, 0.4) is 0 Å². The summed E-state index contributed by atoms with van der Waals surface area (Å²) in [6.07, 6.45) is 3.42. The van der Waals surface area contributed by atoms with Crippen molar-refractivity contribution in [2.45, 2.75) is 39.2 Å². The molecule has 1 unspecified atom stereocenters. The van der Waals surface area contributed by atoms with Crippen molar-refractivity contribution in [2.24, 2.45) is 11.3 Å². The minimum atomic E-state index is -0.644. The van der Waals surface area contributed by atoms with Crippen LogP contribution in [-0.2, 0) is 4.79 Å². The summed E-state index contributed by atoms with van der Waals surface area (Å²) in [6.45, 7) is 6.22. The molecule has 0 amide bonds. The van der Waals surface area contributed by atoms with Crippen molar-refractivity contribution in [3.63, 3.8) is 0 Å². The van der Waals surface area contributed by atoms with Crippen LogP contribution < -0.4 is 0 Å². The summed E-state index contributed by atoms with van der Waals surface area (Å²) < 4.78 is 0. The van der Waals surface area contributed by atoms with E-state index < -0.39 is 5.97 Å². The first kappa shape index (κ1) is 9.97. The Balaban J connectivity index is 1.88. The highest BCUT2D eigenvalue weighted by Gasteiger charge is 2.54. The van der Waals surface area contributed by atoms with Gasteiger partial charge in [0.15, 0.2) is 0 Å². The van der Waals surface area contributed by atoms with E-state index in [-0.39, 0.29) is 6.04 Å². The van der Waals surface area contributed by atoms with Gasteiger partial charge in [-0.15, -0.1) is 0 Å². The molecule has 1 atom stereocenters. The van der Waals surface area contributed by atoms with E-state index in [0.717, 1.165) is 19.5 Å². The summed E-state index contributed by atoms with van der Waals surface area (Å²) in [5.74, 6) is -0.180. The van der Waals surface area contributed by atoms with E-state index in [4.69, 9.17) is 5.11 Å². The minimum Gasteiger partial charge on any atom is -0.480 e. The molecule has 1 saturated heterocycles. The van der Waals surface area contributed by atoms with Crippen LogP contribution in [0.1, 0.15) is 33.1 Å². The number of nitrogens with zero attached hydrogens (tertiary/aromatic N) is 1. The van der Waals surface area contributed by atoms with Gasteiger partial charge in [0.25, 0.3) is 0 Å². The third-order valence-electron chi connectivity index (χ3n) is 3.45. The molecule has 3 nitrogen and oxygen atoms in total. The van der Waals surface area contributed by atoms with Crippen molar-refractivity contribution in [1.82, 2.24) is 4.90 Å². The lowest BCUT2D eigenvalue weighted by Crippen LogP contribution is -2.56. The van der Waals surface area contributed by atoms with Crippen molar-refractivity contribution in [1.29, 1.82) is 0 Å². The molecule has 3 heteroatoms. The average Bonchev–Trinajstić information content (AvgIpc) is 2.75. The fraction of sp³-hybridized carbons (Fsp3) is 0.909. The minimum absolute atomic E-state index is 0.235. The molecule has 2 rings (SSSR count). The number of aliphatic carboxylic acids is 1. The Hall–Kier alpha value is -0.570. The Kier molecular flexibility index (Phi) is 2.30. The van der Waals surface area contributed by atoms with Crippen molar-refractivity contribution in [3.05, 3.63) is 0 Å². The van der Waals surface area contributed by atoms with Crippen molar-refractivity contribution in [2.75, 3.05) is 13.1 Å². The monoisotopic (exact) mass is 197 g/mol. The van der Waals surface area contributed by atoms with Gasteiger partial charge in [-0.25, -0.2) is 0 Å². The fourth-order valence-corrected chi connectivity index (χ4v) is 2.38. The van der Waals surface area contributed by atoms with Crippen LogP contribution in [0.15, 0.2) is 0 Å². The summed E-state index contributed by atoms with van der Waals surface area (Å²) in [5, 5.41) is 9.11. The van der Waals surface area contributed by atoms with Crippen LogP contribution in [0.5, 0.6) is 0 Å². The number of hydrogen-bond acceptors (Lipinski definition) is 2. The quantitative estimate of drug-likeness (QED) is 0.744. The van der Waals surface area contributed by atoms with Crippen LogP contribution in [0.4, 0.5) is 0 Å². The zero-order chi connectivity index (χ0) is 10.3. The van der Waals surface area contributed by atoms with Gasteiger partial charge in [-0.05, 0) is 30.6 Å². The number of likely N-dealkylation sites (tertiary alicyclic amines) is 1. The van der Waals surface area contributed by atoms with E-state index in [2.05, 4.69) is 18.7 Å². The summed E-state index contributed by atoms with van der Waals surface area (Å²) in [6, 6.07) is -0.235. The van der Waals surface area contributed by atoms with Crippen molar-refractivity contribution >= 4 is 5.97 Å².